The lowest BCUT2D eigenvalue weighted by atomic mass is 9.69. The Bertz CT molecular complexity index is 777. The summed E-state index contributed by atoms with van der Waals surface area (Å²) in [7, 11) is 0. The molecule has 0 aliphatic carbocycles. The molecule has 0 aliphatic rings. The van der Waals surface area contributed by atoms with Crippen molar-refractivity contribution in [2.75, 3.05) is 0 Å². The third kappa shape index (κ3) is 5.47. The minimum Gasteiger partial charge on any atom is -0.0847 e. The van der Waals surface area contributed by atoms with E-state index in [0.717, 1.165) is 6.42 Å². The minimum atomic E-state index is 0.000779. The largest absolute Gasteiger partial charge is 0.0847 e. The molecule has 0 saturated carbocycles. The van der Waals surface area contributed by atoms with Gasteiger partial charge in [-0.2, -0.15) is 0 Å². The zero-order valence-corrected chi connectivity index (χ0v) is 18.8. The van der Waals surface area contributed by atoms with Crippen LogP contribution < -0.4 is 0 Å². The van der Waals surface area contributed by atoms with E-state index in [9.17, 15) is 0 Å². The molecule has 0 heterocycles. The van der Waals surface area contributed by atoms with Gasteiger partial charge in [0.2, 0.25) is 0 Å². The number of allylic oxidation sites excluding steroid dienone is 4. The van der Waals surface area contributed by atoms with Crippen LogP contribution in [0.15, 0.2) is 84.0 Å². The highest BCUT2D eigenvalue weighted by Crippen LogP contribution is 2.40. The molecule has 0 heteroatoms. The molecule has 0 radical (unpaired) electrons. The Morgan fingerprint density at radius 3 is 1.86 bits per heavy atom. The third-order valence-electron chi connectivity index (χ3n) is 6.22. The van der Waals surface area contributed by atoms with Crippen LogP contribution in [0.3, 0.4) is 0 Å². The Kier molecular flexibility index (Phi) is 7.87. The molecule has 0 nitrogen and oxygen atoms in total. The zero-order chi connectivity index (χ0) is 20.6. The Morgan fingerprint density at radius 1 is 0.821 bits per heavy atom. The summed E-state index contributed by atoms with van der Waals surface area (Å²) in [5.41, 5.74) is 5.71. The molecule has 0 spiro atoms. The summed E-state index contributed by atoms with van der Waals surface area (Å²) in [6.07, 6.45) is 9.62. The number of unbranched alkanes of at least 4 members (excludes halogenated alkanes) is 1. The average molecular weight is 375 g/mol. The van der Waals surface area contributed by atoms with Gasteiger partial charge < -0.3 is 0 Å². The molecule has 28 heavy (non-hydrogen) atoms. The Balaban J connectivity index is 2.54. The number of rotatable bonds is 9. The van der Waals surface area contributed by atoms with Crippen LogP contribution in [-0.4, -0.2) is 0 Å². The third-order valence-corrected chi connectivity index (χ3v) is 6.22. The molecule has 0 amide bonds. The molecule has 0 N–H and O–H groups in total. The number of benzene rings is 2. The molecule has 2 aromatic carbocycles. The fraction of sp³-hybridized carbons (Fsp3) is 0.429. The Labute approximate surface area is 173 Å². The van der Waals surface area contributed by atoms with E-state index >= 15 is 0 Å². The van der Waals surface area contributed by atoms with Crippen LogP contribution in [0, 0.1) is 0 Å². The standard InChI is InChI=1S/C28H38/c1-7-8-20-27(5,25-15-11-9-12-16-25)22-24(4)28(6,21-19-23(2)3)26-17-13-10-14-18-26/h9-19,22H,7-8,20-21H2,1-6H3/b24-22+. The first-order valence-corrected chi connectivity index (χ1v) is 10.8. The molecule has 0 bridgehead atoms. The van der Waals surface area contributed by atoms with Crippen molar-refractivity contribution in [3.05, 3.63) is 95.1 Å². The highest BCUT2D eigenvalue weighted by molar-refractivity contribution is 5.40. The van der Waals surface area contributed by atoms with Crippen molar-refractivity contribution >= 4 is 0 Å². The zero-order valence-electron chi connectivity index (χ0n) is 18.8. The molecule has 2 rings (SSSR count). The molecular formula is C28H38. The van der Waals surface area contributed by atoms with Gasteiger partial charge in [-0.3, -0.25) is 0 Å². The SMILES string of the molecule is CCCCC(C)(/C=C(\C)C(C)(CC=C(C)C)c1ccccc1)c1ccccc1. The summed E-state index contributed by atoms with van der Waals surface area (Å²) in [6, 6.07) is 22.0. The summed E-state index contributed by atoms with van der Waals surface area (Å²) in [6.45, 7) is 13.8. The van der Waals surface area contributed by atoms with Crippen LogP contribution in [0.1, 0.15) is 78.4 Å². The molecule has 2 unspecified atom stereocenters. The van der Waals surface area contributed by atoms with Crippen molar-refractivity contribution in [1.29, 1.82) is 0 Å². The fourth-order valence-electron chi connectivity index (χ4n) is 4.02. The average Bonchev–Trinajstić information content (AvgIpc) is 2.71. The van der Waals surface area contributed by atoms with Crippen LogP contribution in [0.25, 0.3) is 0 Å². The maximum Gasteiger partial charge on any atom is 0.0165 e. The molecular weight excluding hydrogens is 336 g/mol. The van der Waals surface area contributed by atoms with Crippen molar-refractivity contribution in [2.24, 2.45) is 0 Å². The quantitative estimate of drug-likeness (QED) is 0.386. The van der Waals surface area contributed by atoms with Gasteiger partial charge in [0.05, 0.1) is 0 Å². The van der Waals surface area contributed by atoms with E-state index in [1.165, 1.54) is 41.5 Å². The smallest absolute Gasteiger partial charge is 0.0165 e. The van der Waals surface area contributed by atoms with Gasteiger partial charge in [-0.1, -0.05) is 118 Å². The van der Waals surface area contributed by atoms with Gasteiger partial charge in [0.25, 0.3) is 0 Å². The van der Waals surface area contributed by atoms with Crippen molar-refractivity contribution in [3.8, 4) is 0 Å². The van der Waals surface area contributed by atoms with E-state index < -0.39 is 0 Å². The van der Waals surface area contributed by atoms with Crippen molar-refractivity contribution in [3.63, 3.8) is 0 Å². The first-order chi connectivity index (χ1) is 13.3. The molecule has 0 fully saturated rings. The Hall–Kier alpha value is -2.08. The second kappa shape index (κ2) is 9.92. The van der Waals surface area contributed by atoms with Crippen molar-refractivity contribution in [2.45, 2.75) is 78.1 Å². The minimum absolute atomic E-state index is 0.000779. The normalized spacial score (nSPS) is 16.1. The second-order valence-electron chi connectivity index (χ2n) is 8.90. The van der Waals surface area contributed by atoms with Crippen LogP contribution >= 0.6 is 0 Å². The van der Waals surface area contributed by atoms with Crippen molar-refractivity contribution in [1.82, 2.24) is 0 Å². The van der Waals surface area contributed by atoms with E-state index in [4.69, 9.17) is 0 Å². The molecule has 150 valence electrons. The van der Waals surface area contributed by atoms with Crippen LogP contribution in [0.5, 0.6) is 0 Å². The van der Waals surface area contributed by atoms with Gasteiger partial charge in [0, 0.05) is 10.8 Å². The van der Waals surface area contributed by atoms with E-state index in [1.807, 2.05) is 0 Å². The lowest BCUT2D eigenvalue weighted by Crippen LogP contribution is -2.27. The monoisotopic (exact) mass is 374 g/mol. The molecule has 0 aliphatic heterocycles. The summed E-state index contributed by atoms with van der Waals surface area (Å²) < 4.78 is 0. The topological polar surface area (TPSA) is 0 Å². The maximum atomic E-state index is 2.56. The molecule has 0 saturated heterocycles. The predicted molar refractivity (Wildman–Crippen MR) is 125 cm³/mol. The van der Waals surface area contributed by atoms with Gasteiger partial charge in [-0.25, -0.2) is 0 Å². The summed E-state index contributed by atoms with van der Waals surface area (Å²) in [4.78, 5) is 0. The molecule has 2 atom stereocenters. The van der Waals surface area contributed by atoms with Gasteiger partial charge in [0.15, 0.2) is 0 Å². The summed E-state index contributed by atoms with van der Waals surface area (Å²) in [5, 5.41) is 0. The van der Waals surface area contributed by atoms with E-state index in [1.54, 1.807) is 0 Å². The lowest BCUT2D eigenvalue weighted by molar-refractivity contribution is 0.488. The lowest BCUT2D eigenvalue weighted by Gasteiger charge is -2.35. The van der Waals surface area contributed by atoms with E-state index in [0.29, 0.717) is 0 Å². The molecule has 2 aromatic rings. The van der Waals surface area contributed by atoms with Gasteiger partial charge in [0.1, 0.15) is 0 Å². The second-order valence-corrected chi connectivity index (χ2v) is 8.90. The Morgan fingerprint density at radius 2 is 1.36 bits per heavy atom. The maximum absolute atomic E-state index is 2.56. The van der Waals surface area contributed by atoms with Crippen LogP contribution in [0.4, 0.5) is 0 Å². The van der Waals surface area contributed by atoms with Gasteiger partial charge >= 0.3 is 0 Å². The highest BCUT2D eigenvalue weighted by Gasteiger charge is 2.31. The van der Waals surface area contributed by atoms with E-state index in [2.05, 4.69) is 114 Å². The van der Waals surface area contributed by atoms with Crippen molar-refractivity contribution < 1.29 is 0 Å². The first-order valence-electron chi connectivity index (χ1n) is 10.8. The van der Waals surface area contributed by atoms with Crippen LogP contribution in [-0.2, 0) is 10.8 Å². The number of hydrogen-bond donors (Lipinski definition) is 0. The number of hydrogen-bond acceptors (Lipinski definition) is 0. The van der Waals surface area contributed by atoms with Gasteiger partial charge in [-0.05, 0) is 44.7 Å². The predicted octanol–water partition coefficient (Wildman–Crippen LogP) is 8.40. The van der Waals surface area contributed by atoms with E-state index in [-0.39, 0.29) is 10.8 Å². The summed E-state index contributed by atoms with van der Waals surface area (Å²) >= 11 is 0. The molecule has 0 aromatic heterocycles. The fourth-order valence-corrected chi connectivity index (χ4v) is 4.02. The summed E-state index contributed by atoms with van der Waals surface area (Å²) in [5.74, 6) is 0. The van der Waals surface area contributed by atoms with Gasteiger partial charge in [-0.15, -0.1) is 0 Å². The highest BCUT2D eigenvalue weighted by atomic mass is 14.3. The van der Waals surface area contributed by atoms with Crippen LogP contribution in [0.2, 0.25) is 0 Å². The first kappa shape index (κ1) is 22.2.